The predicted octanol–water partition coefficient (Wildman–Crippen LogP) is 3.08. The van der Waals surface area contributed by atoms with Gasteiger partial charge in [0.2, 0.25) is 0 Å². The van der Waals surface area contributed by atoms with Crippen LogP contribution in [0.5, 0.6) is 0 Å². The first-order valence-electron chi connectivity index (χ1n) is 8.50. The van der Waals surface area contributed by atoms with Crippen molar-refractivity contribution < 1.29 is 9.18 Å². The van der Waals surface area contributed by atoms with Crippen LogP contribution in [0.15, 0.2) is 23.2 Å². The minimum absolute atomic E-state index is 0. The summed E-state index contributed by atoms with van der Waals surface area (Å²) in [6.45, 7) is 7.87. The molecule has 7 heteroatoms. The van der Waals surface area contributed by atoms with Gasteiger partial charge in [-0.3, -0.25) is 9.79 Å². The van der Waals surface area contributed by atoms with Crippen molar-refractivity contribution in [2.24, 2.45) is 10.9 Å². The van der Waals surface area contributed by atoms with E-state index in [0.717, 1.165) is 25.3 Å². The maximum atomic E-state index is 13.5. The van der Waals surface area contributed by atoms with Gasteiger partial charge in [-0.25, -0.2) is 4.39 Å². The Bertz CT molecular complexity index is 562. The lowest BCUT2D eigenvalue weighted by Crippen LogP contribution is -2.43. The van der Waals surface area contributed by atoms with Gasteiger partial charge in [0.1, 0.15) is 5.82 Å². The van der Waals surface area contributed by atoms with E-state index in [0.29, 0.717) is 30.1 Å². The van der Waals surface area contributed by atoms with Crippen LogP contribution in [0.4, 0.5) is 4.39 Å². The molecule has 0 radical (unpaired) electrons. The zero-order valence-electron chi connectivity index (χ0n) is 15.5. The van der Waals surface area contributed by atoms with Crippen molar-refractivity contribution in [2.75, 3.05) is 26.7 Å². The van der Waals surface area contributed by atoms with Crippen molar-refractivity contribution in [1.29, 1.82) is 0 Å². The van der Waals surface area contributed by atoms with Gasteiger partial charge >= 0.3 is 0 Å². The van der Waals surface area contributed by atoms with Crippen molar-refractivity contribution >= 4 is 35.8 Å². The number of guanidine groups is 1. The molecule has 0 fully saturated rings. The summed E-state index contributed by atoms with van der Waals surface area (Å²) in [5.74, 6) is 0.694. The SMILES string of the molecule is CCC(CC)CNC(=NC)NCCNC(=O)c1ccc(C)c(F)c1.I. The number of rotatable bonds is 8. The first kappa shape index (κ1) is 23.6. The molecule has 5 nitrogen and oxygen atoms in total. The Morgan fingerprint density at radius 2 is 1.80 bits per heavy atom. The van der Waals surface area contributed by atoms with Crippen molar-refractivity contribution in [1.82, 2.24) is 16.0 Å². The smallest absolute Gasteiger partial charge is 0.251 e. The highest BCUT2D eigenvalue weighted by molar-refractivity contribution is 14.0. The number of nitrogens with zero attached hydrogens (tertiary/aromatic N) is 1. The minimum Gasteiger partial charge on any atom is -0.356 e. The van der Waals surface area contributed by atoms with Crippen molar-refractivity contribution in [2.45, 2.75) is 33.6 Å². The number of benzene rings is 1. The molecule has 142 valence electrons. The molecule has 1 aromatic carbocycles. The third kappa shape index (κ3) is 8.51. The molecule has 0 saturated heterocycles. The number of amides is 1. The first-order chi connectivity index (χ1) is 11.5. The van der Waals surface area contributed by atoms with Gasteiger partial charge in [0, 0.05) is 32.2 Å². The van der Waals surface area contributed by atoms with Gasteiger partial charge in [0.15, 0.2) is 5.96 Å². The molecule has 0 aromatic heterocycles. The zero-order chi connectivity index (χ0) is 17.9. The lowest BCUT2D eigenvalue weighted by Gasteiger charge is -2.16. The number of aliphatic imine (C=N–C) groups is 1. The highest BCUT2D eigenvalue weighted by Crippen LogP contribution is 2.08. The molecular weight excluding hydrogens is 434 g/mol. The van der Waals surface area contributed by atoms with Gasteiger partial charge in [0.05, 0.1) is 0 Å². The molecule has 0 unspecified atom stereocenters. The number of carbonyl (C=O) groups excluding carboxylic acids is 1. The van der Waals surface area contributed by atoms with Crippen LogP contribution in [-0.2, 0) is 0 Å². The second kappa shape index (κ2) is 12.9. The molecule has 0 atom stereocenters. The molecule has 1 amide bonds. The van der Waals surface area contributed by atoms with E-state index >= 15 is 0 Å². The Morgan fingerprint density at radius 1 is 1.16 bits per heavy atom. The molecule has 0 spiro atoms. The average Bonchev–Trinajstić information content (AvgIpc) is 2.59. The third-order valence-corrected chi connectivity index (χ3v) is 4.07. The van der Waals surface area contributed by atoms with E-state index < -0.39 is 0 Å². The number of nitrogens with one attached hydrogen (secondary N) is 3. The van der Waals surface area contributed by atoms with Crippen LogP contribution < -0.4 is 16.0 Å². The average molecular weight is 464 g/mol. The van der Waals surface area contributed by atoms with Gasteiger partial charge in [-0.2, -0.15) is 0 Å². The van der Waals surface area contributed by atoms with Gasteiger partial charge in [-0.05, 0) is 30.5 Å². The number of hydrogen-bond donors (Lipinski definition) is 3. The summed E-state index contributed by atoms with van der Waals surface area (Å²) in [7, 11) is 1.72. The maximum Gasteiger partial charge on any atom is 0.251 e. The van der Waals surface area contributed by atoms with Gasteiger partial charge in [0.25, 0.3) is 5.91 Å². The summed E-state index contributed by atoms with van der Waals surface area (Å²) in [6, 6.07) is 4.48. The predicted molar refractivity (Wildman–Crippen MR) is 112 cm³/mol. The molecule has 25 heavy (non-hydrogen) atoms. The van der Waals surface area contributed by atoms with E-state index in [4.69, 9.17) is 0 Å². The van der Waals surface area contributed by atoms with Crippen LogP contribution >= 0.6 is 24.0 Å². The third-order valence-electron chi connectivity index (χ3n) is 4.07. The monoisotopic (exact) mass is 464 g/mol. The molecule has 0 aliphatic heterocycles. The Kier molecular flexibility index (Phi) is 12.2. The van der Waals surface area contributed by atoms with Crippen LogP contribution in [-0.4, -0.2) is 38.5 Å². The number of halogens is 2. The van der Waals surface area contributed by atoms with E-state index in [1.807, 2.05) is 0 Å². The summed E-state index contributed by atoms with van der Waals surface area (Å²) in [5, 5.41) is 9.19. The summed E-state index contributed by atoms with van der Waals surface area (Å²) in [5.41, 5.74) is 0.856. The summed E-state index contributed by atoms with van der Waals surface area (Å²) in [6.07, 6.45) is 2.26. The van der Waals surface area contributed by atoms with Crippen LogP contribution in [0.3, 0.4) is 0 Å². The van der Waals surface area contributed by atoms with E-state index in [1.54, 1.807) is 26.1 Å². The van der Waals surface area contributed by atoms with Crippen molar-refractivity contribution in [3.8, 4) is 0 Å². The first-order valence-corrected chi connectivity index (χ1v) is 8.50. The lowest BCUT2D eigenvalue weighted by molar-refractivity contribution is 0.0954. The molecule has 0 heterocycles. The maximum absolute atomic E-state index is 13.5. The zero-order valence-corrected chi connectivity index (χ0v) is 17.8. The van der Waals surface area contributed by atoms with Crippen molar-refractivity contribution in [3.63, 3.8) is 0 Å². The molecule has 0 bridgehead atoms. The standard InChI is InChI=1S/C18H29FN4O.HI/c1-5-14(6-2)12-23-18(20-4)22-10-9-21-17(24)15-8-7-13(3)16(19)11-15;/h7-8,11,14H,5-6,9-10,12H2,1-4H3,(H,21,24)(H2,20,22,23);1H. The lowest BCUT2D eigenvalue weighted by atomic mass is 10.0. The Morgan fingerprint density at radius 3 is 2.36 bits per heavy atom. The Balaban J connectivity index is 0.00000576. The normalized spacial score (nSPS) is 11.0. The van der Waals surface area contributed by atoms with Crippen LogP contribution in [0.1, 0.15) is 42.6 Å². The Labute approximate surface area is 167 Å². The fraction of sp³-hybridized carbons (Fsp3) is 0.556. The summed E-state index contributed by atoms with van der Waals surface area (Å²) < 4.78 is 13.5. The summed E-state index contributed by atoms with van der Waals surface area (Å²) in [4.78, 5) is 16.1. The van der Waals surface area contributed by atoms with Crippen molar-refractivity contribution in [3.05, 3.63) is 35.1 Å². The number of aryl methyl sites for hydroxylation is 1. The highest BCUT2D eigenvalue weighted by atomic mass is 127. The second-order valence-corrected chi connectivity index (χ2v) is 5.78. The Hall–Kier alpha value is -1.38. The molecule has 0 aliphatic carbocycles. The van der Waals surface area contributed by atoms with E-state index in [-0.39, 0.29) is 35.7 Å². The molecule has 3 N–H and O–H groups in total. The minimum atomic E-state index is -0.369. The van der Waals surface area contributed by atoms with Gasteiger partial charge in [-0.15, -0.1) is 24.0 Å². The van der Waals surface area contributed by atoms with E-state index in [2.05, 4.69) is 34.8 Å². The number of hydrogen-bond acceptors (Lipinski definition) is 2. The van der Waals surface area contributed by atoms with Gasteiger partial charge < -0.3 is 16.0 Å². The second-order valence-electron chi connectivity index (χ2n) is 5.78. The van der Waals surface area contributed by atoms with Crippen LogP contribution in [0.2, 0.25) is 0 Å². The fourth-order valence-corrected chi connectivity index (χ4v) is 2.23. The van der Waals surface area contributed by atoms with Crippen LogP contribution in [0, 0.1) is 18.7 Å². The van der Waals surface area contributed by atoms with E-state index in [1.165, 1.54) is 6.07 Å². The van der Waals surface area contributed by atoms with E-state index in [9.17, 15) is 9.18 Å². The largest absolute Gasteiger partial charge is 0.356 e. The highest BCUT2D eigenvalue weighted by Gasteiger charge is 2.08. The summed E-state index contributed by atoms with van der Waals surface area (Å²) >= 11 is 0. The number of carbonyl (C=O) groups is 1. The molecule has 1 aromatic rings. The van der Waals surface area contributed by atoms with Crippen LogP contribution in [0.25, 0.3) is 0 Å². The fourth-order valence-electron chi connectivity index (χ4n) is 2.23. The molecule has 0 saturated carbocycles. The quantitative estimate of drug-likeness (QED) is 0.240. The topological polar surface area (TPSA) is 65.5 Å². The van der Waals surface area contributed by atoms with Gasteiger partial charge in [-0.1, -0.05) is 32.8 Å². The molecular formula is C18H30FIN4O. The molecule has 0 aliphatic rings. The molecule has 1 rings (SSSR count).